The van der Waals surface area contributed by atoms with Crippen molar-refractivity contribution in [1.82, 2.24) is 9.88 Å². The second-order valence-electron chi connectivity index (χ2n) is 7.68. The summed E-state index contributed by atoms with van der Waals surface area (Å²) < 4.78 is 0. The van der Waals surface area contributed by atoms with Gasteiger partial charge in [-0.05, 0) is 42.0 Å². The van der Waals surface area contributed by atoms with Crippen LogP contribution in [0, 0.1) is 0 Å². The van der Waals surface area contributed by atoms with Gasteiger partial charge in [0, 0.05) is 30.5 Å². The summed E-state index contributed by atoms with van der Waals surface area (Å²) in [6, 6.07) is 11.0. The number of likely N-dealkylation sites (tertiary alicyclic amines) is 1. The van der Waals surface area contributed by atoms with Crippen LogP contribution in [0.15, 0.2) is 42.6 Å². The Morgan fingerprint density at radius 1 is 1.08 bits per heavy atom. The smallest absolute Gasteiger partial charge is 0.274 e. The molecule has 0 radical (unpaired) electrons. The summed E-state index contributed by atoms with van der Waals surface area (Å²) in [7, 11) is 0. The van der Waals surface area contributed by atoms with Crippen LogP contribution in [0.3, 0.4) is 0 Å². The molecule has 5 nitrogen and oxygen atoms in total. The normalized spacial score (nSPS) is 14.3. The van der Waals surface area contributed by atoms with Crippen LogP contribution in [0.25, 0.3) is 0 Å². The van der Waals surface area contributed by atoms with E-state index in [1.165, 1.54) is 6.20 Å². The van der Waals surface area contributed by atoms with Crippen molar-refractivity contribution in [2.45, 2.75) is 39.0 Å². The molecule has 2 aromatic rings. The number of hydrogen-bond donors (Lipinski definition) is 1. The van der Waals surface area contributed by atoms with Gasteiger partial charge >= 0.3 is 0 Å². The van der Waals surface area contributed by atoms with Gasteiger partial charge in [0.05, 0.1) is 0 Å². The summed E-state index contributed by atoms with van der Waals surface area (Å²) in [6.45, 7) is 7.87. The number of amides is 2. The van der Waals surface area contributed by atoms with Crippen LogP contribution in [0.4, 0.5) is 5.69 Å². The van der Waals surface area contributed by atoms with Gasteiger partial charge in [0.1, 0.15) is 5.69 Å². The van der Waals surface area contributed by atoms with Gasteiger partial charge in [0.25, 0.3) is 11.8 Å². The molecule has 0 atom stereocenters. The van der Waals surface area contributed by atoms with Crippen LogP contribution in [-0.4, -0.2) is 34.8 Å². The second kappa shape index (κ2) is 7.28. The first-order chi connectivity index (χ1) is 12.4. The third kappa shape index (κ3) is 3.93. The molecule has 0 unspecified atom stereocenters. The van der Waals surface area contributed by atoms with E-state index < -0.39 is 0 Å². The quantitative estimate of drug-likeness (QED) is 0.913. The molecule has 2 amide bonds. The summed E-state index contributed by atoms with van der Waals surface area (Å²) in [5.74, 6) is -0.341. The van der Waals surface area contributed by atoms with E-state index in [0.717, 1.165) is 37.2 Å². The average Bonchev–Trinajstić information content (AvgIpc) is 3.15. The number of carbonyl (C=O) groups excluding carboxylic acids is 2. The highest BCUT2D eigenvalue weighted by molar-refractivity contribution is 6.05. The lowest BCUT2D eigenvalue weighted by atomic mass is 9.86. The van der Waals surface area contributed by atoms with Crippen molar-refractivity contribution >= 4 is 17.5 Å². The lowest BCUT2D eigenvalue weighted by molar-refractivity contribution is 0.0792. The number of pyridine rings is 1. The molecule has 3 rings (SSSR count). The van der Waals surface area contributed by atoms with Crippen molar-refractivity contribution in [3.8, 4) is 0 Å². The number of carbonyl (C=O) groups is 2. The third-order valence-electron chi connectivity index (χ3n) is 4.62. The molecule has 1 N–H and O–H groups in total. The Hall–Kier alpha value is -2.69. The molecule has 5 heteroatoms. The highest BCUT2D eigenvalue weighted by atomic mass is 16.2. The third-order valence-corrected chi connectivity index (χ3v) is 4.62. The minimum Gasteiger partial charge on any atom is -0.339 e. The first-order valence-corrected chi connectivity index (χ1v) is 9.02. The molecule has 136 valence electrons. The summed E-state index contributed by atoms with van der Waals surface area (Å²) in [5.41, 5.74) is 2.49. The highest BCUT2D eigenvalue weighted by Crippen LogP contribution is 2.29. The van der Waals surface area contributed by atoms with E-state index >= 15 is 0 Å². The van der Waals surface area contributed by atoms with Crippen LogP contribution < -0.4 is 5.32 Å². The zero-order valence-corrected chi connectivity index (χ0v) is 15.6. The first-order valence-electron chi connectivity index (χ1n) is 9.02. The van der Waals surface area contributed by atoms with Crippen LogP contribution in [0.2, 0.25) is 0 Å². The van der Waals surface area contributed by atoms with Crippen LogP contribution >= 0.6 is 0 Å². The summed E-state index contributed by atoms with van der Waals surface area (Å²) in [6.07, 6.45) is 3.59. The topological polar surface area (TPSA) is 62.3 Å². The Bertz CT molecular complexity index is 818. The maximum Gasteiger partial charge on any atom is 0.274 e. The molecule has 1 aromatic heterocycles. The SMILES string of the molecule is CC(C)(C)c1ccccc1NC(=O)c1cc(C(=O)N2CCCC2)ccn1. The van der Waals surface area contributed by atoms with Crippen molar-refractivity contribution in [3.05, 3.63) is 59.4 Å². The Kier molecular flexibility index (Phi) is 5.07. The average molecular weight is 351 g/mol. The van der Waals surface area contributed by atoms with E-state index in [4.69, 9.17) is 0 Å². The zero-order valence-electron chi connectivity index (χ0n) is 15.6. The number of rotatable bonds is 3. The van der Waals surface area contributed by atoms with Gasteiger partial charge in [-0.3, -0.25) is 14.6 Å². The van der Waals surface area contributed by atoms with Gasteiger partial charge < -0.3 is 10.2 Å². The van der Waals surface area contributed by atoms with Gasteiger partial charge in [-0.1, -0.05) is 39.0 Å². The van der Waals surface area contributed by atoms with Crippen LogP contribution in [0.1, 0.15) is 60.0 Å². The van der Waals surface area contributed by atoms with Gasteiger partial charge in [0.2, 0.25) is 0 Å². The monoisotopic (exact) mass is 351 g/mol. The lowest BCUT2D eigenvalue weighted by Crippen LogP contribution is -2.28. The van der Waals surface area contributed by atoms with Gasteiger partial charge in [-0.25, -0.2) is 0 Å². The molecule has 1 fully saturated rings. The van der Waals surface area contributed by atoms with Gasteiger partial charge in [-0.15, -0.1) is 0 Å². The molecule has 1 saturated heterocycles. The number of nitrogens with zero attached hydrogens (tertiary/aromatic N) is 2. The fraction of sp³-hybridized carbons (Fsp3) is 0.381. The molecular formula is C21H25N3O2. The maximum atomic E-state index is 12.7. The summed E-state index contributed by atoms with van der Waals surface area (Å²) in [5, 5.41) is 2.94. The van der Waals surface area contributed by atoms with E-state index in [2.05, 4.69) is 31.1 Å². The summed E-state index contributed by atoms with van der Waals surface area (Å²) >= 11 is 0. The van der Waals surface area contributed by atoms with Crippen LogP contribution in [0.5, 0.6) is 0 Å². The minimum atomic E-state index is -0.308. The van der Waals surface area contributed by atoms with E-state index in [9.17, 15) is 9.59 Å². The number of anilines is 1. The van der Waals surface area contributed by atoms with Crippen molar-refractivity contribution in [2.24, 2.45) is 0 Å². The van der Waals surface area contributed by atoms with Crippen molar-refractivity contribution in [3.63, 3.8) is 0 Å². The Balaban J connectivity index is 1.81. The van der Waals surface area contributed by atoms with Crippen LogP contribution in [-0.2, 0) is 5.41 Å². The van der Waals surface area contributed by atoms with E-state index in [0.29, 0.717) is 5.56 Å². The molecule has 0 spiro atoms. The maximum absolute atomic E-state index is 12.7. The molecule has 26 heavy (non-hydrogen) atoms. The Morgan fingerprint density at radius 3 is 2.46 bits per heavy atom. The fourth-order valence-electron chi connectivity index (χ4n) is 3.22. The molecule has 0 aliphatic carbocycles. The van der Waals surface area contributed by atoms with E-state index in [-0.39, 0.29) is 22.9 Å². The fourth-order valence-corrected chi connectivity index (χ4v) is 3.22. The lowest BCUT2D eigenvalue weighted by Gasteiger charge is -2.23. The molecular weight excluding hydrogens is 326 g/mol. The molecule has 0 saturated carbocycles. The molecule has 0 bridgehead atoms. The number of nitrogens with one attached hydrogen (secondary N) is 1. The van der Waals surface area contributed by atoms with Crippen molar-refractivity contribution < 1.29 is 9.59 Å². The summed E-state index contributed by atoms with van der Waals surface area (Å²) in [4.78, 5) is 31.2. The predicted octanol–water partition coefficient (Wildman–Crippen LogP) is 3.87. The van der Waals surface area contributed by atoms with Gasteiger partial charge in [0.15, 0.2) is 0 Å². The van der Waals surface area contributed by atoms with Gasteiger partial charge in [-0.2, -0.15) is 0 Å². The molecule has 1 aliphatic rings. The predicted molar refractivity (Wildman–Crippen MR) is 102 cm³/mol. The number of benzene rings is 1. The largest absolute Gasteiger partial charge is 0.339 e. The molecule has 2 heterocycles. The standard InChI is InChI=1S/C21H25N3O2/c1-21(2,3)16-8-4-5-9-17(16)23-19(25)18-14-15(10-11-22-18)20(26)24-12-6-7-13-24/h4-5,8-11,14H,6-7,12-13H2,1-3H3,(H,23,25). The molecule has 1 aliphatic heterocycles. The Morgan fingerprint density at radius 2 is 1.77 bits per heavy atom. The number of aromatic nitrogens is 1. The van der Waals surface area contributed by atoms with Crippen molar-refractivity contribution in [1.29, 1.82) is 0 Å². The Labute approximate surface area is 154 Å². The minimum absolute atomic E-state index is 0.0333. The van der Waals surface area contributed by atoms with Crippen molar-refractivity contribution in [2.75, 3.05) is 18.4 Å². The molecule has 1 aromatic carbocycles. The number of hydrogen-bond acceptors (Lipinski definition) is 3. The van der Waals surface area contributed by atoms with E-state index in [1.54, 1.807) is 12.1 Å². The highest BCUT2D eigenvalue weighted by Gasteiger charge is 2.22. The second-order valence-corrected chi connectivity index (χ2v) is 7.68. The zero-order chi connectivity index (χ0) is 18.7. The van der Waals surface area contributed by atoms with E-state index in [1.807, 2.05) is 29.2 Å². The number of para-hydroxylation sites is 1. The first kappa shape index (κ1) is 18.1.